The van der Waals surface area contributed by atoms with E-state index in [1.807, 2.05) is 6.92 Å². The Labute approximate surface area is 59.9 Å². The van der Waals surface area contributed by atoms with E-state index >= 15 is 0 Å². The summed E-state index contributed by atoms with van der Waals surface area (Å²) in [5.41, 5.74) is 5.54. The Balaban J connectivity index is 2.57. The van der Waals surface area contributed by atoms with Gasteiger partial charge in [-0.3, -0.25) is 4.57 Å². The minimum atomic E-state index is -3.26. The average Bonchev–Trinajstić information content (AvgIpc) is 1.79. The molecule has 1 saturated heterocycles. The zero-order chi connectivity index (χ0) is 7.78. The topological polar surface area (TPSA) is 72.5 Å². The number of nitrogens with two attached hydrogens (primary N) is 1. The summed E-state index contributed by atoms with van der Waals surface area (Å²) in [5.74, 6) is 0.0876. The van der Waals surface area contributed by atoms with E-state index in [1.54, 1.807) is 0 Å². The lowest BCUT2D eigenvalue weighted by Crippen LogP contribution is -2.38. The van der Waals surface area contributed by atoms with Crippen LogP contribution in [-0.4, -0.2) is 23.7 Å². The average molecular weight is 165 g/mol. The molecule has 0 aromatic rings. The van der Waals surface area contributed by atoms with Gasteiger partial charge in [0.2, 0.25) is 0 Å². The highest BCUT2D eigenvalue weighted by molar-refractivity contribution is 7.52. The Morgan fingerprint density at radius 2 is 2.40 bits per heavy atom. The van der Waals surface area contributed by atoms with Crippen LogP contribution in [-0.2, 0) is 9.09 Å². The van der Waals surface area contributed by atoms with Crippen molar-refractivity contribution in [3.05, 3.63) is 0 Å². The summed E-state index contributed by atoms with van der Waals surface area (Å²) in [7, 11) is -3.26. The van der Waals surface area contributed by atoms with Crippen molar-refractivity contribution in [1.82, 2.24) is 0 Å². The van der Waals surface area contributed by atoms with Crippen LogP contribution in [0.15, 0.2) is 0 Å². The molecule has 0 aromatic carbocycles. The van der Waals surface area contributed by atoms with Gasteiger partial charge in [-0.05, 0) is 5.92 Å². The number of hydrogen-bond acceptors (Lipinski definition) is 3. The molecule has 0 radical (unpaired) electrons. The molecule has 1 unspecified atom stereocenters. The molecule has 0 amide bonds. The molecule has 1 aliphatic rings. The molecule has 0 aromatic heterocycles. The van der Waals surface area contributed by atoms with Crippen LogP contribution in [0.25, 0.3) is 0 Å². The zero-order valence-corrected chi connectivity index (χ0v) is 6.75. The third-order valence-electron chi connectivity index (χ3n) is 1.72. The second kappa shape index (κ2) is 2.62. The van der Waals surface area contributed by atoms with E-state index in [4.69, 9.17) is 10.6 Å². The van der Waals surface area contributed by atoms with Gasteiger partial charge in [0.1, 0.15) is 0 Å². The van der Waals surface area contributed by atoms with Crippen molar-refractivity contribution in [3.63, 3.8) is 0 Å². The molecule has 0 aliphatic carbocycles. The molecule has 3 N–H and O–H groups in total. The van der Waals surface area contributed by atoms with Crippen LogP contribution in [0.5, 0.6) is 0 Å². The minimum Gasteiger partial charge on any atom is -0.325 e. The van der Waals surface area contributed by atoms with Crippen LogP contribution in [0.3, 0.4) is 0 Å². The van der Waals surface area contributed by atoms with Crippen molar-refractivity contribution >= 4 is 7.60 Å². The molecular formula is C5H12NO3P. The van der Waals surface area contributed by atoms with Crippen molar-refractivity contribution in [2.45, 2.75) is 13.0 Å². The molecule has 10 heavy (non-hydrogen) atoms. The van der Waals surface area contributed by atoms with E-state index in [9.17, 15) is 4.57 Å². The molecule has 1 fully saturated rings. The van der Waals surface area contributed by atoms with Gasteiger partial charge in [-0.2, -0.15) is 0 Å². The van der Waals surface area contributed by atoms with E-state index in [0.717, 1.165) is 0 Å². The van der Waals surface area contributed by atoms with E-state index in [-0.39, 0.29) is 24.7 Å². The molecule has 0 spiro atoms. The lowest BCUT2D eigenvalue weighted by molar-refractivity contribution is 0.192. The maximum atomic E-state index is 10.9. The van der Waals surface area contributed by atoms with Crippen LogP contribution in [0.2, 0.25) is 0 Å². The molecule has 0 saturated carbocycles. The van der Waals surface area contributed by atoms with Crippen molar-refractivity contribution in [3.8, 4) is 0 Å². The SMILES string of the molecule is C[C@H]1CP(=O)(O)OC[C@@H]1N. The fourth-order valence-corrected chi connectivity index (χ4v) is 2.43. The van der Waals surface area contributed by atoms with Gasteiger partial charge in [-0.15, -0.1) is 0 Å². The molecule has 3 atom stereocenters. The zero-order valence-electron chi connectivity index (χ0n) is 5.86. The normalized spacial score (nSPS) is 49.1. The van der Waals surface area contributed by atoms with Gasteiger partial charge in [0.05, 0.1) is 12.8 Å². The van der Waals surface area contributed by atoms with E-state index in [1.165, 1.54) is 0 Å². The maximum absolute atomic E-state index is 10.9. The van der Waals surface area contributed by atoms with Gasteiger partial charge in [-0.25, -0.2) is 0 Å². The molecular weight excluding hydrogens is 153 g/mol. The molecule has 5 heteroatoms. The van der Waals surface area contributed by atoms with E-state index < -0.39 is 7.60 Å². The van der Waals surface area contributed by atoms with Gasteiger partial charge >= 0.3 is 7.60 Å². The molecule has 0 bridgehead atoms. The molecule has 60 valence electrons. The lowest BCUT2D eigenvalue weighted by Gasteiger charge is -2.28. The lowest BCUT2D eigenvalue weighted by atomic mass is 10.1. The van der Waals surface area contributed by atoms with Crippen LogP contribution in [0.1, 0.15) is 6.92 Å². The fourth-order valence-electron chi connectivity index (χ4n) is 0.919. The van der Waals surface area contributed by atoms with Crippen LogP contribution >= 0.6 is 7.60 Å². The molecule has 4 nitrogen and oxygen atoms in total. The van der Waals surface area contributed by atoms with Gasteiger partial charge in [0, 0.05) is 6.04 Å². The highest BCUT2D eigenvalue weighted by atomic mass is 31.2. The monoisotopic (exact) mass is 165 g/mol. The summed E-state index contributed by atoms with van der Waals surface area (Å²) in [6.07, 6.45) is 0.189. The standard InChI is InChI=1S/C5H12NO3P/c1-4-3-10(7,8)9-2-5(4)6/h4-5H,2-3,6H2,1H3,(H,7,8)/t4-,5-/m0/s1. The van der Waals surface area contributed by atoms with Crippen LogP contribution in [0, 0.1) is 5.92 Å². The van der Waals surface area contributed by atoms with Gasteiger partial charge in [-0.1, -0.05) is 6.92 Å². The summed E-state index contributed by atoms with van der Waals surface area (Å²) in [6, 6.07) is -0.0887. The number of hydrogen-bond donors (Lipinski definition) is 2. The van der Waals surface area contributed by atoms with Crippen LogP contribution < -0.4 is 5.73 Å². The summed E-state index contributed by atoms with van der Waals surface area (Å²) in [4.78, 5) is 8.94. The highest BCUT2D eigenvalue weighted by Gasteiger charge is 2.32. The Morgan fingerprint density at radius 3 is 2.80 bits per heavy atom. The first-order chi connectivity index (χ1) is 4.51. The maximum Gasteiger partial charge on any atom is 0.328 e. The largest absolute Gasteiger partial charge is 0.328 e. The molecule has 1 rings (SSSR count). The first-order valence-corrected chi connectivity index (χ1v) is 4.99. The van der Waals surface area contributed by atoms with Gasteiger partial charge in [0.25, 0.3) is 0 Å². The Morgan fingerprint density at radius 1 is 1.80 bits per heavy atom. The smallest absolute Gasteiger partial charge is 0.325 e. The Kier molecular flexibility index (Phi) is 2.15. The van der Waals surface area contributed by atoms with Crippen molar-refractivity contribution in [2.75, 3.05) is 12.8 Å². The summed E-state index contributed by atoms with van der Waals surface area (Å²) >= 11 is 0. The van der Waals surface area contributed by atoms with Crippen molar-refractivity contribution in [1.29, 1.82) is 0 Å². The van der Waals surface area contributed by atoms with E-state index in [0.29, 0.717) is 0 Å². The quantitative estimate of drug-likeness (QED) is 0.501. The third-order valence-corrected chi connectivity index (χ3v) is 3.31. The van der Waals surface area contributed by atoms with E-state index in [2.05, 4.69) is 4.52 Å². The summed E-state index contributed by atoms with van der Waals surface area (Å²) in [5, 5.41) is 0. The van der Waals surface area contributed by atoms with Gasteiger partial charge < -0.3 is 15.2 Å². The predicted octanol–water partition coefficient (Wildman–Crippen LogP) is 0.165. The third kappa shape index (κ3) is 1.80. The second-order valence-electron chi connectivity index (χ2n) is 2.76. The summed E-state index contributed by atoms with van der Waals surface area (Å²) in [6.45, 7) is 2.06. The first-order valence-electron chi connectivity index (χ1n) is 3.23. The predicted molar refractivity (Wildman–Crippen MR) is 37.8 cm³/mol. The van der Waals surface area contributed by atoms with Gasteiger partial charge in [0.15, 0.2) is 0 Å². The Hall–Kier alpha value is 0.110. The molecule has 1 aliphatic heterocycles. The second-order valence-corrected chi connectivity index (χ2v) is 4.66. The number of rotatable bonds is 0. The molecule has 1 heterocycles. The van der Waals surface area contributed by atoms with Crippen LogP contribution in [0.4, 0.5) is 0 Å². The first kappa shape index (κ1) is 8.21. The summed E-state index contributed by atoms with van der Waals surface area (Å²) < 4.78 is 15.5. The van der Waals surface area contributed by atoms with Crippen molar-refractivity contribution < 1.29 is 14.0 Å². The fraction of sp³-hybridized carbons (Fsp3) is 1.00. The highest BCUT2D eigenvalue weighted by Crippen LogP contribution is 2.47. The van der Waals surface area contributed by atoms with Crippen molar-refractivity contribution in [2.24, 2.45) is 11.7 Å². The Bertz CT molecular complexity index is 172. The minimum absolute atomic E-state index is 0.0876.